The van der Waals surface area contributed by atoms with Gasteiger partial charge < -0.3 is 14.2 Å². The maximum absolute atomic E-state index is 10.8. The van der Waals surface area contributed by atoms with Crippen LogP contribution in [0.4, 0.5) is 0 Å². The molecular formula is C12H16O4S. The van der Waals surface area contributed by atoms with Crippen molar-refractivity contribution in [3.05, 3.63) is 24.3 Å². The van der Waals surface area contributed by atoms with E-state index in [1.807, 2.05) is 24.3 Å². The molecule has 17 heavy (non-hydrogen) atoms. The van der Waals surface area contributed by atoms with Crippen molar-refractivity contribution in [2.75, 3.05) is 32.3 Å². The van der Waals surface area contributed by atoms with Gasteiger partial charge in [0.1, 0.15) is 11.5 Å². The molecule has 1 rings (SSSR count). The maximum atomic E-state index is 10.8. The summed E-state index contributed by atoms with van der Waals surface area (Å²) < 4.78 is 15.1. The molecule has 1 aromatic rings. The summed E-state index contributed by atoms with van der Waals surface area (Å²) in [5.41, 5.74) is 0. The van der Waals surface area contributed by atoms with E-state index in [-0.39, 0.29) is 5.97 Å². The van der Waals surface area contributed by atoms with Crippen LogP contribution in [0, 0.1) is 0 Å². The van der Waals surface area contributed by atoms with Crippen molar-refractivity contribution in [2.24, 2.45) is 0 Å². The molecule has 94 valence electrons. The number of benzene rings is 1. The van der Waals surface area contributed by atoms with E-state index in [0.717, 1.165) is 17.3 Å². The topological polar surface area (TPSA) is 44.8 Å². The Bertz CT molecular complexity index is 354. The molecule has 0 saturated heterocycles. The number of hydrogen-bond acceptors (Lipinski definition) is 5. The molecule has 0 aromatic heterocycles. The highest BCUT2D eigenvalue weighted by Crippen LogP contribution is 2.18. The van der Waals surface area contributed by atoms with Crippen molar-refractivity contribution in [2.45, 2.75) is 0 Å². The van der Waals surface area contributed by atoms with E-state index in [2.05, 4.69) is 4.74 Å². The Hall–Kier alpha value is -1.36. The van der Waals surface area contributed by atoms with Crippen LogP contribution in [0.15, 0.2) is 24.3 Å². The molecule has 5 heteroatoms. The molecule has 0 N–H and O–H groups in total. The third-order valence-electron chi connectivity index (χ3n) is 1.99. The maximum Gasteiger partial charge on any atom is 0.315 e. The summed E-state index contributed by atoms with van der Waals surface area (Å²) in [7, 11) is 3.00. The van der Waals surface area contributed by atoms with Crippen molar-refractivity contribution in [3.63, 3.8) is 0 Å². The fourth-order valence-electron chi connectivity index (χ4n) is 1.12. The van der Waals surface area contributed by atoms with Gasteiger partial charge in [-0.15, -0.1) is 11.8 Å². The fraction of sp³-hybridized carbons (Fsp3) is 0.417. The highest BCUT2D eigenvalue weighted by Gasteiger charge is 2.00. The van der Waals surface area contributed by atoms with Gasteiger partial charge in [0.25, 0.3) is 0 Å². The van der Waals surface area contributed by atoms with Gasteiger partial charge in [-0.25, -0.2) is 0 Å². The molecule has 1 aromatic carbocycles. The predicted octanol–water partition coefficient (Wildman–Crippen LogP) is 1.98. The molecule has 0 aliphatic heterocycles. The van der Waals surface area contributed by atoms with Gasteiger partial charge in [0, 0.05) is 11.8 Å². The Balaban J connectivity index is 2.19. The molecule has 0 saturated carbocycles. The number of hydrogen-bond donors (Lipinski definition) is 0. The lowest BCUT2D eigenvalue weighted by molar-refractivity contribution is -0.137. The molecule has 0 aliphatic rings. The first-order chi connectivity index (χ1) is 8.26. The van der Waals surface area contributed by atoms with Crippen molar-refractivity contribution < 1.29 is 19.0 Å². The van der Waals surface area contributed by atoms with Crippen LogP contribution >= 0.6 is 11.8 Å². The average molecular weight is 256 g/mol. The Morgan fingerprint density at radius 3 is 2.76 bits per heavy atom. The van der Waals surface area contributed by atoms with E-state index in [9.17, 15) is 4.79 Å². The summed E-state index contributed by atoms with van der Waals surface area (Å²) in [6.07, 6.45) is 0. The van der Waals surface area contributed by atoms with Crippen molar-refractivity contribution in [1.82, 2.24) is 0 Å². The Labute approximate surface area is 105 Å². The Morgan fingerprint density at radius 1 is 1.29 bits per heavy atom. The number of esters is 1. The van der Waals surface area contributed by atoms with Gasteiger partial charge in [0.2, 0.25) is 0 Å². The summed E-state index contributed by atoms with van der Waals surface area (Å²) >= 11 is 1.48. The highest BCUT2D eigenvalue weighted by molar-refractivity contribution is 7.99. The molecule has 0 amide bonds. The highest BCUT2D eigenvalue weighted by atomic mass is 32.2. The third kappa shape index (κ3) is 5.49. The van der Waals surface area contributed by atoms with Crippen LogP contribution in [-0.2, 0) is 9.53 Å². The van der Waals surface area contributed by atoms with Gasteiger partial charge in [0.05, 0.1) is 26.6 Å². The van der Waals surface area contributed by atoms with E-state index < -0.39 is 0 Å². The molecular weight excluding hydrogens is 240 g/mol. The molecule has 0 spiro atoms. The second-order valence-corrected chi connectivity index (χ2v) is 4.26. The van der Waals surface area contributed by atoms with E-state index in [0.29, 0.717) is 12.4 Å². The lowest BCUT2D eigenvalue weighted by Crippen LogP contribution is -2.06. The second-order valence-electron chi connectivity index (χ2n) is 3.16. The first kappa shape index (κ1) is 13.7. The normalized spacial score (nSPS) is 9.76. The Morgan fingerprint density at radius 2 is 2.06 bits per heavy atom. The van der Waals surface area contributed by atoms with Gasteiger partial charge in [-0.05, 0) is 12.1 Å². The summed E-state index contributed by atoms with van der Waals surface area (Å²) in [6.45, 7) is 0.550. The first-order valence-corrected chi connectivity index (χ1v) is 6.33. The number of methoxy groups -OCH3 is 2. The summed E-state index contributed by atoms with van der Waals surface area (Å²) in [5, 5.41) is 0. The summed E-state index contributed by atoms with van der Waals surface area (Å²) in [5.74, 6) is 2.42. The zero-order chi connectivity index (χ0) is 12.5. The molecule has 0 radical (unpaired) electrons. The van der Waals surface area contributed by atoms with Crippen LogP contribution in [0.1, 0.15) is 0 Å². The SMILES string of the molecule is COC(=O)CSCCOc1cccc(OC)c1. The lowest BCUT2D eigenvalue weighted by Gasteiger charge is -2.07. The minimum absolute atomic E-state index is 0.212. The number of thioether (sulfide) groups is 1. The number of ether oxygens (including phenoxy) is 3. The smallest absolute Gasteiger partial charge is 0.315 e. The molecule has 0 unspecified atom stereocenters. The van der Waals surface area contributed by atoms with Crippen molar-refractivity contribution in [3.8, 4) is 11.5 Å². The molecule has 0 atom stereocenters. The van der Waals surface area contributed by atoms with E-state index in [4.69, 9.17) is 9.47 Å². The van der Waals surface area contributed by atoms with E-state index in [1.165, 1.54) is 18.9 Å². The number of carbonyl (C=O) groups excluding carboxylic acids is 1. The summed E-state index contributed by atoms with van der Waals surface area (Å²) in [6, 6.07) is 7.42. The lowest BCUT2D eigenvalue weighted by atomic mass is 10.3. The van der Waals surface area contributed by atoms with Crippen LogP contribution in [0.25, 0.3) is 0 Å². The first-order valence-electron chi connectivity index (χ1n) is 5.17. The Kier molecular flexibility index (Phi) is 6.32. The van der Waals surface area contributed by atoms with Crippen molar-refractivity contribution in [1.29, 1.82) is 0 Å². The second kappa shape index (κ2) is 7.84. The third-order valence-corrected chi connectivity index (χ3v) is 2.88. The zero-order valence-electron chi connectivity index (χ0n) is 9.97. The van der Waals surface area contributed by atoms with Gasteiger partial charge in [-0.1, -0.05) is 6.07 Å². The van der Waals surface area contributed by atoms with Crippen molar-refractivity contribution >= 4 is 17.7 Å². The zero-order valence-corrected chi connectivity index (χ0v) is 10.8. The monoisotopic (exact) mass is 256 g/mol. The van der Waals surface area contributed by atoms with Gasteiger partial charge in [-0.3, -0.25) is 4.79 Å². The minimum atomic E-state index is -0.212. The van der Waals surface area contributed by atoms with Gasteiger partial charge in [0.15, 0.2) is 0 Å². The average Bonchev–Trinajstić information content (AvgIpc) is 2.38. The summed E-state index contributed by atoms with van der Waals surface area (Å²) in [4.78, 5) is 10.8. The van der Waals surface area contributed by atoms with Crippen LogP contribution in [0.3, 0.4) is 0 Å². The predicted molar refractivity (Wildman–Crippen MR) is 67.8 cm³/mol. The van der Waals surface area contributed by atoms with Crippen LogP contribution in [0.5, 0.6) is 11.5 Å². The van der Waals surface area contributed by atoms with E-state index in [1.54, 1.807) is 7.11 Å². The quantitative estimate of drug-likeness (QED) is 0.551. The van der Waals surface area contributed by atoms with Gasteiger partial charge in [-0.2, -0.15) is 0 Å². The van der Waals surface area contributed by atoms with Crippen LogP contribution in [-0.4, -0.2) is 38.3 Å². The molecule has 0 aliphatic carbocycles. The molecule has 0 bridgehead atoms. The largest absolute Gasteiger partial charge is 0.497 e. The molecule has 4 nitrogen and oxygen atoms in total. The van der Waals surface area contributed by atoms with E-state index >= 15 is 0 Å². The van der Waals surface area contributed by atoms with Crippen LogP contribution < -0.4 is 9.47 Å². The van der Waals surface area contributed by atoms with Crippen LogP contribution in [0.2, 0.25) is 0 Å². The molecule has 0 heterocycles. The van der Waals surface area contributed by atoms with Gasteiger partial charge >= 0.3 is 5.97 Å². The standard InChI is InChI=1S/C12H16O4S/c1-14-10-4-3-5-11(8-10)16-6-7-17-9-12(13)15-2/h3-5,8H,6-7,9H2,1-2H3. The molecule has 0 fully saturated rings. The minimum Gasteiger partial charge on any atom is -0.497 e. The fourth-order valence-corrected chi connectivity index (χ4v) is 1.75. The number of rotatable bonds is 7. The number of carbonyl (C=O) groups is 1.